The summed E-state index contributed by atoms with van der Waals surface area (Å²) < 4.78 is 0. The summed E-state index contributed by atoms with van der Waals surface area (Å²) >= 11 is 18.2. The normalized spacial score (nSPS) is 12.0. The van der Waals surface area contributed by atoms with E-state index >= 15 is 0 Å². The van der Waals surface area contributed by atoms with Crippen molar-refractivity contribution in [3.8, 4) is 0 Å². The summed E-state index contributed by atoms with van der Waals surface area (Å²) in [4.78, 5) is 9.65. The molecular weight excluding hydrogens is 558 g/mol. The Morgan fingerprint density at radius 3 is 1.44 bits per heavy atom. The van der Waals surface area contributed by atoms with E-state index in [2.05, 4.69) is 42.3 Å². The molecule has 150 valence electrons. The van der Waals surface area contributed by atoms with Crippen molar-refractivity contribution in [1.82, 2.24) is 0 Å². The summed E-state index contributed by atoms with van der Waals surface area (Å²) in [5, 5.41) is 1.38. The van der Waals surface area contributed by atoms with Gasteiger partial charge in [-0.15, -0.1) is 0 Å². The summed E-state index contributed by atoms with van der Waals surface area (Å²) in [6, 6.07) is 11.5. The number of hydrogen-bond acceptors (Lipinski definition) is 2. The molecule has 2 aromatic carbocycles. The van der Waals surface area contributed by atoms with Crippen molar-refractivity contribution in [2.75, 3.05) is 0 Å². The number of hydrogen-bond donors (Lipinski definition) is 0. The molecule has 0 bridgehead atoms. The van der Waals surface area contributed by atoms with Crippen LogP contribution in [-0.2, 0) is 10.9 Å². The first kappa shape index (κ1) is 24.9. The van der Waals surface area contributed by atoms with Crippen LogP contribution < -0.4 is 0 Å². The average molecular weight is 580 g/mol. The maximum absolute atomic E-state index is 6.11. The fourth-order valence-corrected chi connectivity index (χ4v) is 2.72. The molecule has 0 atom stereocenters. The molecule has 0 radical (unpaired) electrons. The van der Waals surface area contributed by atoms with Gasteiger partial charge in [-0.1, -0.05) is 49.2 Å². The van der Waals surface area contributed by atoms with Crippen molar-refractivity contribution in [3.05, 3.63) is 57.6 Å². The Bertz CT molecular complexity index is 756. The number of benzene rings is 2. The summed E-state index contributed by atoms with van der Waals surface area (Å²) in [7, 11) is 1.25. The Labute approximate surface area is 192 Å². The van der Waals surface area contributed by atoms with Crippen LogP contribution >= 0.6 is 51.7 Å². The van der Waals surface area contributed by atoms with E-state index in [-0.39, 0.29) is 0 Å². The van der Waals surface area contributed by atoms with E-state index in [9.17, 15) is 0 Å². The van der Waals surface area contributed by atoms with Gasteiger partial charge in [-0.3, -0.25) is 9.98 Å². The molecule has 2 rings (SSSR count). The molecule has 2 aromatic rings. The van der Waals surface area contributed by atoms with Gasteiger partial charge in [0.15, 0.2) is 0 Å². The number of nitrogens with zero attached hydrogens (tertiary/aromatic N) is 2. The van der Waals surface area contributed by atoms with Gasteiger partial charge in [-0.2, -0.15) is 0 Å². The van der Waals surface area contributed by atoms with Crippen LogP contribution in [0.3, 0.4) is 0 Å². The van der Waals surface area contributed by atoms with Crippen LogP contribution in [-0.4, -0.2) is 11.4 Å². The Morgan fingerprint density at radius 2 is 1.15 bits per heavy atom. The Balaban J connectivity index is 0.00000114. The second-order valence-electron chi connectivity index (χ2n) is 5.73. The van der Waals surface area contributed by atoms with E-state index in [4.69, 9.17) is 33.2 Å². The van der Waals surface area contributed by atoms with Crippen LogP contribution in [0.25, 0.3) is 0 Å². The average Bonchev–Trinajstić information content (AvgIpc) is 2.64. The van der Waals surface area contributed by atoms with Crippen molar-refractivity contribution in [3.63, 3.8) is 0 Å². The Hall–Kier alpha value is -0.186. The first-order valence-corrected chi connectivity index (χ1v) is 14.0. The monoisotopic (exact) mass is 576 g/mol. The van der Waals surface area contributed by atoms with Gasteiger partial charge in [0.1, 0.15) is 0 Å². The van der Waals surface area contributed by atoms with Crippen LogP contribution in [0.2, 0.25) is 10.0 Å². The van der Waals surface area contributed by atoms with Crippen molar-refractivity contribution in [2.45, 2.75) is 40.5 Å². The first-order valence-electron chi connectivity index (χ1n) is 8.36. The molecule has 0 aliphatic rings. The minimum absolute atomic E-state index is 0.690. The molecule has 0 amide bonds. The molecule has 27 heavy (non-hydrogen) atoms. The number of rotatable bonds is 5. The van der Waals surface area contributed by atoms with Gasteiger partial charge >= 0.3 is 39.3 Å². The van der Waals surface area contributed by atoms with Gasteiger partial charge in [0.05, 0.1) is 22.8 Å². The molecule has 0 saturated carbocycles. The minimum atomic E-state index is 0.690. The predicted molar refractivity (Wildman–Crippen MR) is 125 cm³/mol. The van der Waals surface area contributed by atoms with E-state index in [1.807, 2.05) is 50.2 Å². The fraction of sp³-hybridized carbons (Fsp3) is 0.300. The maximum atomic E-state index is 6.11. The van der Waals surface area contributed by atoms with E-state index in [1.54, 1.807) is 0 Å². The van der Waals surface area contributed by atoms with Gasteiger partial charge in [0.2, 0.25) is 0 Å². The standard InChI is InChI=1S/C20H22Cl2N2.2BrH.Ni/c1-5-17(23-19-11-15(21)9-7-13(19)3)18(6-2)24-20-12-16(22)10-8-14(20)4;;;/h7-12H,5-6H2,1-4H3;2*1H;/q;;;+2/p-2. The molecule has 0 aromatic heterocycles. The third-order valence-corrected chi connectivity index (χ3v) is 4.33. The quantitative estimate of drug-likeness (QED) is 0.250. The second-order valence-corrected chi connectivity index (χ2v) is 11.6. The third kappa shape index (κ3) is 8.37. The zero-order chi connectivity index (χ0) is 20.4. The molecule has 0 fully saturated rings. The first-order chi connectivity index (χ1) is 12.9. The SMILES string of the molecule is CCC(=Nc1cc(Cl)ccc1C)C(CC)=Nc1cc(Cl)ccc1C.[Br][Ni][Br]. The van der Waals surface area contributed by atoms with Crippen molar-refractivity contribution >= 4 is 74.5 Å². The Kier molecular flexibility index (Phi) is 12.1. The van der Waals surface area contributed by atoms with Crippen molar-refractivity contribution in [1.29, 1.82) is 0 Å². The van der Waals surface area contributed by atoms with Crippen LogP contribution in [0.15, 0.2) is 46.4 Å². The zero-order valence-electron chi connectivity index (χ0n) is 15.6. The summed E-state index contributed by atoms with van der Waals surface area (Å²) in [5.74, 6) is 0. The van der Waals surface area contributed by atoms with Crippen LogP contribution in [0.1, 0.15) is 37.8 Å². The molecule has 7 heteroatoms. The molecule has 2 nitrogen and oxygen atoms in total. The molecule has 0 saturated heterocycles. The van der Waals surface area contributed by atoms with Gasteiger partial charge in [-0.25, -0.2) is 0 Å². The summed E-state index contributed by atoms with van der Waals surface area (Å²) in [6.45, 7) is 8.25. The molecule has 0 unspecified atom stereocenters. The molecule has 0 heterocycles. The van der Waals surface area contributed by atoms with Crippen molar-refractivity contribution in [2.24, 2.45) is 9.98 Å². The third-order valence-electron chi connectivity index (χ3n) is 3.86. The topological polar surface area (TPSA) is 24.7 Å². The Morgan fingerprint density at radius 1 is 0.815 bits per heavy atom. The van der Waals surface area contributed by atoms with E-state index in [0.717, 1.165) is 46.8 Å². The second kappa shape index (κ2) is 13.1. The molecular formula is C20H22Br2Cl2N2Ni. The summed E-state index contributed by atoms with van der Waals surface area (Å²) in [5.41, 5.74) is 5.93. The van der Waals surface area contributed by atoms with E-state index in [0.29, 0.717) is 10.0 Å². The molecule has 0 spiro atoms. The van der Waals surface area contributed by atoms with Crippen LogP contribution in [0.4, 0.5) is 11.4 Å². The fourth-order valence-electron chi connectivity index (χ4n) is 2.39. The van der Waals surface area contributed by atoms with Gasteiger partial charge in [-0.05, 0) is 62.1 Å². The summed E-state index contributed by atoms with van der Waals surface area (Å²) in [6.07, 6.45) is 1.61. The van der Waals surface area contributed by atoms with Crippen molar-refractivity contribution < 1.29 is 10.9 Å². The molecule has 0 N–H and O–H groups in total. The zero-order valence-corrected chi connectivity index (χ0v) is 21.3. The number of halogens is 4. The molecule has 0 aliphatic carbocycles. The van der Waals surface area contributed by atoms with Gasteiger partial charge < -0.3 is 0 Å². The number of aryl methyl sites for hydroxylation is 2. The van der Waals surface area contributed by atoms with Gasteiger partial charge in [0, 0.05) is 10.0 Å². The van der Waals surface area contributed by atoms with Gasteiger partial charge in [0.25, 0.3) is 0 Å². The number of aliphatic imine (C=N–C) groups is 2. The van der Waals surface area contributed by atoms with E-state index < -0.39 is 0 Å². The molecule has 0 aliphatic heterocycles. The van der Waals surface area contributed by atoms with E-state index in [1.165, 1.54) is 10.9 Å². The predicted octanol–water partition coefficient (Wildman–Crippen LogP) is 8.96. The van der Waals surface area contributed by atoms with Crippen LogP contribution in [0.5, 0.6) is 0 Å². The van der Waals surface area contributed by atoms with Crippen LogP contribution in [0, 0.1) is 13.8 Å².